The van der Waals surface area contributed by atoms with Gasteiger partial charge >= 0.3 is 5.91 Å². The Labute approximate surface area is 91.9 Å². The topological polar surface area (TPSA) is 20.9 Å². The third-order valence-corrected chi connectivity index (χ3v) is 2.50. The number of carbonyl (C=O) groups is 1. The number of hydrogen-bond donors (Lipinski definition) is 0. The van der Waals surface area contributed by atoms with E-state index in [4.69, 9.17) is 0 Å². The van der Waals surface area contributed by atoms with E-state index < -0.39 is 0 Å². The molecule has 2 heteroatoms. The largest absolute Gasteiger partial charge is 0.392 e. The van der Waals surface area contributed by atoms with Crippen molar-refractivity contribution in [3.63, 3.8) is 0 Å². The Balaban J connectivity index is 2.20. The lowest BCUT2D eigenvalue weighted by Crippen LogP contribution is -2.41. The molecule has 0 bridgehead atoms. The van der Waals surface area contributed by atoms with E-state index in [1.807, 2.05) is 30.6 Å². The van der Waals surface area contributed by atoms with Crippen LogP contribution in [-0.4, -0.2) is 5.91 Å². The van der Waals surface area contributed by atoms with Crippen molar-refractivity contribution in [2.45, 2.75) is 45.4 Å². The van der Waals surface area contributed by atoms with Crippen molar-refractivity contribution in [2.24, 2.45) is 0 Å². The summed E-state index contributed by atoms with van der Waals surface area (Å²) < 4.78 is 1.67. The zero-order chi connectivity index (χ0) is 10.9. The number of carbonyl (C=O) groups excluding carboxylic acids is 1. The number of unbranched alkanes of at least 4 members (excludes halogenated alkanes) is 4. The Bertz CT molecular complexity index is 282. The van der Waals surface area contributed by atoms with Crippen LogP contribution in [0.4, 0.5) is 0 Å². The van der Waals surface area contributed by atoms with Gasteiger partial charge in [-0.3, -0.25) is 0 Å². The summed E-state index contributed by atoms with van der Waals surface area (Å²) in [5, 5.41) is 0. The molecule has 0 amide bonds. The zero-order valence-corrected chi connectivity index (χ0v) is 9.48. The van der Waals surface area contributed by atoms with Gasteiger partial charge in [-0.25, -0.2) is 4.79 Å². The van der Waals surface area contributed by atoms with Gasteiger partial charge in [-0.1, -0.05) is 38.7 Å². The van der Waals surface area contributed by atoms with Crippen LogP contribution in [0.5, 0.6) is 0 Å². The van der Waals surface area contributed by atoms with Crippen LogP contribution in [0.15, 0.2) is 30.6 Å². The van der Waals surface area contributed by atoms with E-state index in [0.29, 0.717) is 6.42 Å². The van der Waals surface area contributed by atoms with Crippen molar-refractivity contribution in [1.29, 1.82) is 0 Å². The number of rotatable bonds is 6. The first-order valence-electron chi connectivity index (χ1n) is 5.84. The molecular formula is C13H20NO+. The number of hydrogen-bond acceptors (Lipinski definition) is 1. The van der Waals surface area contributed by atoms with E-state index >= 15 is 0 Å². The van der Waals surface area contributed by atoms with E-state index in [1.165, 1.54) is 25.7 Å². The van der Waals surface area contributed by atoms with Gasteiger partial charge in [-0.15, -0.1) is 4.57 Å². The molecule has 0 saturated heterocycles. The third-order valence-electron chi connectivity index (χ3n) is 2.50. The highest BCUT2D eigenvalue weighted by atomic mass is 16.1. The number of aromatic nitrogens is 1. The Hall–Kier alpha value is -1.18. The number of pyridine rings is 1. The van der Waals surface area contributed by atoms with Crippen molar-refractivity contribution in [3.8, 4) is 0 Å². The molecule has 0 N–H and O–H groups in total. The Morgan fingerprint density at radius 1 is 1.00 bits per heavy atom. The summed E-state index contributed by atoms with van der Waals surface area (Å²) in [7, 11) is 0. The molecule has 0 spiro atoms. The molecule has 2 nitrogen and oxygen atoms in total. The molecule has 0 aromatic carbocycles. The fourth-order valence-electron chi connectivity index (χ4n) is 1.57. The van der Waals surface area contributed by atoms with Crippen molar-refractivity contribution in [2.75, 3.05) is 0 Å². The van der Waals surface area contributed by atoms with Crippen LogP contribution in [0.2, 0.25) is 0 Å². The van der Waals surface area contributed by atoms with Crippen LogP contribution in [0, 0.1) is 0 Å². The second-order valence-corrected chi connectivity index (χ2v) is 3.84. The quantitative estimate of drug-likeness (QED) is 0.518. The molecule has 0 atom stereocenters. The van der Waals surface area contributed by atoms with Gasteiger partial charge in [-0.2, -0.15) is 0 Å². The second-order valence-electron chi connectivity index (χ2n) is 3.84. The Morgan fingerprint density at radius 3 is 2.33 bits per heavy atom. The maximum absolute atomic E-state index is 11.6. The van der Waals surface area contributed by atoms with Crippen molar-refractivity contribution in [1.82, 2.24) is 0 Å². The summed E-state index contributed by atoms with van der Waals surface area (Å²) >= 11 is 0. The minimum atomic E-state index is 0.201. The minimum absolute atomic E-state index is 0.201. The van der Waals surface area contributed by atoms with Gasteiger partial charge in [-0.05, 0) is 6.42 Å². The molecule has 1 aromatic heterocycles. The molecule has 1 heterocycles. The zero-order valence-electron chi connectivity index (χ0n) is 9.48. The maximum atomic E-state index is 11.6. The van der Waals surface area contributed by atoms with E-state index in [-0.39, 0.29) is 5.91 Å². The molecule has 15 heavy (non-hydrogen) atoms. The molecule has 1 aromatic rings. The van der Waals surface area contributed by atoms with Gasteiger partial charge in [0, 0.05) is 12.1 Å². The van der Waals surface area contributed by atoms with E-state index in [1.54, 1.807) is 4.57 Å². The van der Waals surface area contributed by atoms with Gasteiger partial charge in [0.2, 0.25) is 0 Å². The van der Waals surface area contributed by atoms with Crippen LogP contribution < -0.4 is 4.57 Å². The first-order chi connectivity index (χ1) is 7.34. The molecule has 0 aliphatic rings. The SMILES string of the molecule is CCCCCCCC(=O)[n+]1ccccc1. The third kappa shape index (κ3) is 4.73. The summed E-state index contributed by atoms with van der Waals surface area (Å²) in [4.78, 5) is 11.6. The predicted molar refractivity (Wildman–Crippen MR) is 60.6 cm³/mol. The van der Waals surface area contributed by atoms with Crippen LogP contribution >= 0.6 is 0 Å². The molecule has 0 saturated carbocycles. The van der Waals surface area contributed by atoms with E-state index in [2.05, 4.69) is 6.92 Å². The summed E-state index contributed by atoms with van der Waals surface area (Å²) in [6.07, 6.45) is 10.3. The lowest BCUT2D eigenvalue weighted by molar-refractivity contribution is -0.574. The monoisotopic (exact) mass is 206 g/mol. The van der Waals surface area contributed by atoms with Gasteiger partial charge in [0.25, 0.3) is 0 Å². The normalized spacial score (nSPS) is 10.2. The average Bonchev–Trinajstić information content (AvgIpc) is 2.30. The van der Waals surface area contributed by atoms with Crippen LogP contribution in [0.25, 0.3) is 0 Å². The first-order valence-corrected chi connectivity index (χ1v) is 5.84. The molecule has 0 fully saturated rings. The van der Waals surface area contributed by atoms with Gasteiger partial charge in [0.15, 0.2) is 12.4 Å². The fraction of sp³-hybridized carbons (Fsp3) is 0.538. The fourth-order valence-corrected chi connectivity index (χ4v) is 1.57. The summed E-state index contributed by atoms with van der Waals surface area (Å²) in [6, 6.07) is 5.69. The maximum Gasteiger partial charge on any atom is 0.392 e. The van der Waals surface area contributed by atoms with Gasteiger partial charge in [0.05, 0.1) is 6.42 Å². The van der Waals surface area contributed by atoms with Crippen LogP contribution in [0.3, 0.4) is 0 Å². The van der Waals surface area contributed by atoms with Gasteiger partial charge < -0.3 is 0 Å². The van der Waals surface area contributed by atoms with Crippen LogP contribution in [-0.2, 0) is 0 Å². The molecular weight excluding hydrogens is 186 g/mol. The predicted octanol–water partition coefficient (Wildman–Crippen LogP) is 2.97. The molecule has 0 aliphatic heterocycles. The van der Waals surface area contributed by atoms with Crippen molar-refractivity contribution < 1.29 is 9.36 Å². The average molecular weight is 206 g/mol. The van der Waals surface area contributed by atoms with Crippen molar-refractivity contribution in [3.05, 3.63) is 30.6 Å². The second kappa shape index (κ2) is 7.16. The molecule has 0 unspecified atom stereocenters. The summed E-state index contributed by atoms with van der Waals surface area (Å²) in [6.45, 7) is 2.20. The lowest BCUT2D eigenvalue weighted by Gasteiger charge is -1.96. The highest BCUT2D eigenvalue weighted by Crippen LogP contribution is 2.04. The Kier molecular flexibility index (Phi) is 5.67. The first kappa shape index (κ1) is 11.9. The highest BCUT2D eigenvalue weighted by Gasteiger charge is 2.11. The molecule has 82 valence electrons. The lowest BCUT2D eigenvalue weighted by atomic mass is 10.1. The molecule has 0 radical (unpaired) electrons. The Morgan fingerprint density at radius 2 is 1.67 bits per heavy atom. The van der Waals surface area contributed by atoms with E-state index in [0.717, 1.165) is 6.42 Å². The molecule has 0 aliphatic carbocycles. The highest BCUT2D eigenvalue weighted by molar-refractivity contribution is 5.66. The summed E-state index contributed by atoms with van der Waals surface area (Å²) in [5.41, 5.74) is 0. The van der Waals surface area contributed by atoms with E-state index in [9.17, 15) is 4.79 Å². The minimum Gasteiger partial charge on any atom is -0.219 e. The number of nitrogens with zero attached hydrogens (tertiary/aromatic N) is 1. The van der Waals surface area contributed by atoms with Crippen LogP contribution in [0.1, 0.15) is 50.2 Å². The van der Waals surface area contributed by atoms with Gasteiger partial charge in [0.1, 0.15) is 0 Å². The summed E-state index contributed by atoms with van der Waals surface area (Å²) in [5.74, 6) is 0.201. The standard InChI is InChI=1S/C13H20NO/c1-2-3-4-5-7-10-13(15)14-11-8-6-9-12-14/h6,8-9,11-12H,2-5,7,10H2,1H3/q+1. The van der Waals surface area contributed by atoms with Crippen molar-refractivity contribution >= 4 is 5.91 Å². The smallest absolute Gasteiger partial charge is 0.219 e. The molecule has 1 rings (SSSR count).